The van der Waals surface area contributed by atoms with Crippen molar-refractivity contribution in [2.24, 2.45) is 0 Å². The molecule has 0 saturated heterocycles. The van der Waals surface area contributed by atoms with Gasteiger partial charge in [-0.1, -0.05) is 27.5 Å². The molecule has 16 heavy (non-hydrogen) atoms. The topological polar surface area (TPSA) is 50.2 Å². The third kappa shape index (κ3) is 2.89. The molecule has 0 unspecified atom stereocenters. The minimum absolute atomic E-state index is 0.109. The molecule has 1 aromatic rings. The number of carboxylic acids is 1. The maximum absolute atomic E-state index is 12.7. The van der Waals surface area contributed by atoms with Crippen molar-refractivity contribution in [3.63, 3.8) is 0 Å². The summed E-state index contributed by atoms with van der Waals surface area (Å²) >= 11 is 8.59. The molecule has 1 rings (SSSR count). The molecule has 1 heterocycles. The number of alkyl halides is 3. The number of aliphatic carboxylic acids is 1. The third-order valence-electron chi connectivity index (χ3n) is 1.96. The van der Waals surface area contributed by atoms with Crippen molar-refractivity contribution in [2.45, 2.75) is 18.2 Å². The van der Waals surface area contributed by atoms with Crippen LogP contribution in [0, 0.1) is 0 Å². The zero-order valence-electron chi connectivity index (χ0n) is 7.88. The normalized spacial score (nSPS) is 10.8. The lowest BCUT2D eigenvalue weighted by Gasteiger charge is -2.12. The molecule has 0 saturated carbocycles. The summed E-state index contributed by atoms with van der Waals surface area (Å²) in [5, 5.41) is 8.44. The van der Waals surface area contributed by atoms with Crippen molar-refractivity contribution in [2.75, 3.05) is 0 Å². The molecule has 0 radical (unpaired) electrons. The Labute approximate surface area is 104 Å². The highest BCUT2D eigenvalue weighted by Gasteiger charge is 2.21. The van der Waals surface area contributed by atoms with E-state index in [9.17, 15) is 13.6 Å². The van der Waals surface area contributed by atoms with E-state index in [2.05, 4.69) is 20.9 Å². The van der Waals surface area contributed by atoms with E-state index in [1.807, 2.05) is 0 Å². The van der Waals surface area contributed by atoms with E-state index in [-0.39, 0.29) is 28.0 Å². The summed E-state index contributed by atoms with van der Waals surface area (Å²) in [6.45, 7) is 0. The zero-order valence-corrected chi connectivity index (χ0v) is 10.2. The third-order valence-corrected chi connectivity index (χ3v) is 2.82. The predicted molar refractivity (Wildman–Crippen MR) is 58.2 cm³/mol. The van der Waals surface area contributed by atoms with E-state index in [1.54, 1.807) is 0 Å². The molecule has 0 spiro atoms. The Hall–Kier alpha value is -0.750. The van der Waals surface area contributed by atoms with Gasteiger partial charge in [-0.2, -0.15) is 0 Å². The molecule has 0 bridgehead atoms. The summed E-state index contributed by atoms with van der Waals surface area (Å²) in [6, 6.07) is 0. The van der Waals surface area contributed by atoms with Crippen LogP contribution >= 0.6 is 27.5 Å². The predicted octanol–water partition coefficient (Wildman–Crippen LogP) is 3.19. The molecule has 88 valence electrons. The first-order valence-corrected chi connectivity index (χ1v) is 5.69. The maximum atomic E-state index is 12.7. The molecule has 0 fully saturated rings. The van der Waals surface area contributed by atoms with Crippen LogP contribution in [0.2, 0.25) is 5.15 Å². The van der Waals surface area contributed by atoms with E-state index >= 15 is 0 Å². The summed E-state index contributed by atoms with van der Waals surface area (Å²) in [4.78, 5) is 14.1. The Bertz CT molecular complexity index is 415. The number of carbonyl (C=O) groups is 1. The minimum atomic E-state index is -2.78. The standard InChI is InChI=1S/C9H7BrClF2NO2/c10-2-5-4(1-6(15)16)3-14-8(11)7(5)9(12)13/h3,9H,1-2H2,(H,15,16). The van der Waals surface area contributed by atoms with Crippen LogP contribution in [0.4, 0.5) is 8.78 Å². The molecule has 0 amide bonds. The van der Waals surface area contributed by atoms with Crippen molar-refractivity contribution in [1.29, 1.82) is 0 Å². The Morgan fingerprint density at radius 1 is 1.62 bits per heavy atom. The van der Waals surface area contributed by atoms with Crippen LogP contribution in [0.1, 0.15) is 23.1 Å². The van der Waals surface area contributed by atoms with Gasteiger partial charge in [-0.3, -0.25) is 4.79 Å². The van der Waals surface area contributed by atoms with Crippen LogP contribution < -0.4 is 0 Å². The molecule has 1 N–H and O–H groups in total. The molecule has 0 aromatic carbocycles. The van der Waals surface area contributed by atoms with Gasteiger partial charge in [0.05, 0.1) is 12.0 Å². The summed E-state index contributed by atoms with van der Waals surface area (Å²) in [5.74, 6) is -1.11. The molecule has 1 aromatic heterocycles. The van der Waals surface area contributed by atoms with Crippen LogP contribution in [0.25, 0.3) is 0 Å². The number of pyridine rings is 1. The summed E-state index contributed by atoms with van der Waals surface area (Å²) in [5.41, 5.74) is 0.0266. The first kappa shape index (κ1) is 13.3. The van der Waals surface area contributed by atoms with Gasteiger partial charge in [0.25, 0.3) is 6.43 Å². The molecule has 0 aliphatic heterocycles. The fourth-order valence-electron chi connectivity index (χ4n) is 1.27. The van der Waals surface area contributed by atoms with Crippen molar-refractivity contribution < 1.29 is 18.7 Å². The number of aromatic nitrogens is 1. The molecule has 0 atom stereocenters. The van der Waals surface area contributed by atoms with E-state index in [0.29, 0.717) is 0 Å². The highest BCUT2D eigenvalue weighted by atomic mass is 79.9. The fourth-order valence-corrected chi connectivity index (χ4v) is 2.18. The minimum Gasteiger partial charge on any atom is -0.481 e. The van der Waals surface area contributed by atoms with Crippen LogP contribution in [-0.4, -0.2) is 16.1 Å². The fraction of sp³-hybridized carbons (Fsp3) is 0.333. The summed E-state index contributed by atoms with van der Waals surface area (Å²) in [6.07, 6.45) is -1.93. The maximum Gasteiger partial charge on any atom is 0.307 e. The lowest BCUT2D eigenvalue weighted by Crippen LogP contribution is -2.07. The van der Waals surface area contributed by atoms with Crippen LogP contribution in [0.5, 0.6) is 0 Å². The number of nitrogens with zero attached hydrogens (tertiary/aromatic N) is 1. The zero-order chi connectivity index (χ0) is 12.3. The van der Waals surface area contributed by atoms with Gasteiger partial charge < -0.3 is 5.11 Å². The molecule has 7 heteroatoms. The van der Waals surface area contributed by atoms with Crippen molar-refractivity contribution in [1.82, 2.24) is 4.98 Å². The Kier molecular flexibility index (Phi) is 4.61. The van der Waals surface area contributed by atoms with E-state index < -0.39 is 18.0 Å². The highest BCUT2D eigenvalue weighted by Crippen LogP contribution is 2.32. The lowest BCUT2D eigenvalue weighted by molar-refractivity contribution is -0.136. The average molecular weight is 315 g/mol. The largest absolute Gasteiger partial charge is 0.481 e. The second-order valence-electron chi connectivity index (χ2n) is 2.97. The first-order valence-electron chi connectivity index (χ1n) is 4.19. The number of rotatable bonds is 4. The van der Waals surface area contributed by atoms with E-state index in [0.717, 1.165) is 0 Å². The van der Waals surface area contributed by atoms with Crippen LogP contribution in [0.15, 0.2) is 6.20 Å². The van der Waals surface area contributed by atoms with Crippen LogP contribution in [-0.2, 0) is 16.5 Å². The lowest BCUT2D eigenvalue weighted by atomic mass is 10.0. The monoisotopic (exact) mass is 313 g/mol. The van der Waals surface area contributed by atoms with Crippen molar-refractivity contribution in [3.8, 4) is 0 Å². The van der Waals surface area contributed by atoms with Gasteiger partial charge in [0.15, 0.2) is 0 Å². The highest BCUT2D eigenvalue weighted by molar-refractivity contribution is 9.08. The van der Waals surface area contributed by atoms with Crippen LogP contribution in [0.3, 0.4) is 0 Å². The number of carboxylic acid groups (broad SMARTS) is 1. The second-order valence-corrected chi connectivity index (χ2v) is 3.89. The Balaban J connectivity index is 3.30. The van der Waals surface area contributed by atoms with Gasteiger partial charge in [0, 0.05) is 11.5 Å². The Morgan fingerprint density at radius 3 is 2.69 bits per heavy atom. The number of hydrogen-bond acceptors (Lipinski definition) is 2. The average Bonchev–Trinajstić information content (AvgIpc) is 2.18. The molecule has 0 aliphatic carbocycles. The SMILES string of the molecule is O=C(O)Cc1cnc(Cl)c(C(F)F)c1CBr. The quantitative estimate of drug-likeness (QED) is 0.686. The van der Waals surface area contributed by atoms with Gasteiger partial charge in [-0.25, -0.2) is 13.8 Å². The van der Waals surface area contributed by atoms with Gasteiger partial charge in [0.1, 0.15) is 5.15 Å². The van der Waals surface area contributed by atoms with Gasteiger partial charge in [0.2, 0.25) is 0 Å². The summed E-state index contributed by atoms with van der Waals surface area (Å²) in [7, 11) is 0. The molecular weight excluding hydrogens is 307 g/mol. The molecule has 0 aliphatic rings. The van der Waals surface area contributed by atoms with Gasteiger partial charge in [-0.05, 0) is 11.1 Å². The van der Waals surface area contributed by atoms with Crippen molar-refractivity contribution in [3.05, 3.63) is 28.0 Å². The van der Waals surface area contributed by atoms with Crippen molar-refractivity contribution >= 4 is 33.5 Å². The summed E-state index contributed by atoms with van der Waals surface area (Å²) < 4.78 is 25.4. The molecule has 3 nitrogen and oxygen atoms in total. The van der Waals surface area contributed by atoms with Gasteiger partial charge >= 0.3 is 5.97 Å². The first-order chi connectivity index (χ1) is 7.47. The smallest absolute Gasteiger partial charge is 0.307 e. The molecular formula is C9H7BrClF2NO2. The number of hydrogen-bond donors (Lipinski definition) is 1. The van der Waals surface area contributed by atoms with E-state index in [4.69, 9.17) is 16.7 Å². The second kappa shape index (κ2) is 5.54. The van der Waals surface area contributed by atoms with E-state index in [1.165, 1.54) is 6.20 Å². The van der Waals surface area contributed by atoms with Gasteiger partial charge in [-0.15, -0.1) is 0 Å². The Morgan fingerprint density at radius 2 is 2.25 bits per heavy atom. The number of halogens is 4.